The lowest BCUT2D eigenvalue weighted by Crippen LogP contribution is -2.38. The number of piperidine rings is 1. The first-order chi connectivity index (χ1) is 9.36. The van der Waals surface area contributed by atoms with E-state index >= 15 is 0 Å². The van der Waals surface area contributed by atoms with Gasteiger partial charge in [-0.15, -0.1) is 0 Å². The van der Waals surface area contributed by atoms with Crippen LogP contribution in [-0.2, 0) is 10.0 Å². The van der Waals surface area contributed by atoms with Gasteiger partial charge in [-0.3, -0.25) is 0 Å². The van der Waals surface area contributed by atoms with Crippen LogP contribution in [0, 0.1) is 17.6 Å². The highest BCUT2D eigenvalue weighted by molar-refractivity contribution is 7.89. The van der Waals surface area contributed by atoms with E-state index in [1.54, 1.807) is 0 Å². The van der Waals surface area contributed by atoms with Gasteiger partial charge in [-0.1, -0.05) is 13.3 Å². The van der Waals surface area contributed by atoms with Gasteiger partial charge in [-0.05, 0) is 24.8 Å². The Labute approximate surface area is 117 Å². The van der Waals surface area contributed by atoms with Crippen LogP contribution < -0.4 is 5.73 Å². The van der Waals surface area contributed by atoms with Gasteiger partial charge in [0, 0.05) is 19.2 Å². The van der Waals surface area contributed by atoms with Crippen LogP contribution in [0.15, 0.2) is 17.0 Å². The van der Waals surface area contributed by atoms with E-state index in [9.17, 15) is 17.2 Å². The number of nitrogens with two attached hydrogens (primary N) is 1. The molecule has 1 aromatic carbocycles. The van der Waals surface area contributed by atoms with Crippen LogP contribution in [0.2, 0.25) is 0 Å². The Morgan fingerprint density at radius 3 is 2.40 bits per heavy atom. The predicted molar refractivity (Wildman–Crippen MR) is 72.5 cm³/mol. The Bertz CT molecular complexity index is 597. The number of nitrogens with zero attached hydrogens (tertiary/aromatic N) is 1. The summed E-state index contributed by atoms with van der Waals surface area (Å²) in [4.78, 5) is -0.550. The SMILES string of the molecule is CCC1CCN(S(=O)(=O)c2cc(N)c(F)cc2F)CC1. The van der Waals surface area contributed by atoms with Gasteiger partial charge < -0.3 is 5.73 Å². The second-order valence-electron chi connectivity index (χ2n) is 5.06. The van der Waals surface area contributed by atoms with Crippen LogP contribution in [0.25, 0.3) is 0 Å². The summed E-state index contributed by atoms with van der Waals surface area (Å²) in [7, 11) is -3.95. The molecule has 20 heavy (non-hydrogen) atoms. The Hall–Kier alpha value is -1.21. The van der Waals surface area contributed by atoms with E-state index in [4.69, 9.17) is 5.73 Å². The zero-order chi connectivity index (χ0) is 14.9. The summed E-state index contributed by atoms with van der Waals surface area (Å²) in [5, 5.41) is 0. The number of nitrogen functional groups attached to an aromatic ring is 1. The number of rotatable bonds is 3. The molecule has 0 saturated carbocycles. The molecule has 1 saturated heterocycles. The van der Waals surface area contributed by atoms with Gasteiger partial charge >= 0.3 is 0 Å². The van der Waals surface area contributed by atoms with Gasteiger partial charge in [0.1, 0.15) is 16.5 Å². The van der Waals surface area contributed by atoms with E-state index in [0.717, 1.165) is 25.3 Å². The molecule has 1 aromatic rings. The molecular weight excluding hydrogens is 286 g/mol. The maximum atomic E-state index is 13.7. The molecule has 0 unspecified atom stereocenters. The van der Waals surface area contributed by atoms with Crippen molar-refractivity contribution in [3.05, 3.63) is 23.8 Å². The third-order valence-corrected chi connectivity index (χ3v) is 5.73. The van der Waals surface area contributed by atoms with Gasteiger partial charge in [0.2, 0.25) is 10.0 Å². The lowest BCUT2D eigenvalue weighted by atomic mass is 9.96. The first-order valence-corrected chi connectivity index (χ1v) is 8.05. The van der Waals surface area contributed by atoms with Gasteiger partial charge in [0.15, 0.2) is 0 Å². The van der Waals surface area contributed by atoms with E-state index in [1.165, 1.54) is 4.31 Å². The zero-order valence-corrected chi connectivity index (χ0v) is 12.1. The molecule has 112 valence electrons. The van der Waals surface area contributed by atoms with Crippen LogP contribution in [0.4, 0.5) is 14.5 Å². The molecule has 7 heteroatoms. The van der Waals surface area contributed by atoms with E-state index in [1.807, 2.05) is 0 Å². The highest BCUT2D eigenvalue weighted by atomic mass is 32.2. The summed E-state index contributed by atoms with van der Waals surface area (Å²) in [6.45, 7) is 2.78. The van der Waals surface area contributed by atoms with Crippen molar-refractivity contribution >= 4 is 15.7 Å². The highest BCUT2D eigenvalue weighted by Crippen LogP contribution is 2.28. The molecule has 1 aliphatic rings. The van der Waals surface area contributed by atoms with Gasteiger partial charge in [0.05, 0.1) is 5.69 Å². The van der Waals surface area contributed by atoms with E-state index in [2.05, 4.69) is 6.92 Å². The summed E-state index contributed by atoms with van der Waals surface area (Å²) in [6, 6.07) is 1.37. The second kappa shape index (κ2) is 5.65. The lowest BCUT2D eigenvalue weighted by Gasteiger charge is -2.30. The molecule has 0 spiro atoms. The highest BCUT2D eigenvalue weighted by Gasteiger charge is 2.31. The molecule has 2 rings (SSSR count). The molecule has 1 heterocycles. The minimum absolute atomic E-state index is 0.359. The number of hydrogen-bond acceptors (Lipinski definition) is 3. The van der Waals surface area contributed by atoms with Crippen LogP contribution >= 0.6 is 0 Å². The smallest absolute Gasteiger partial charge is 0.246 e. The normalized spacial score (nSPS) is 18.4. The molecule has 0 amide bonds. The van der Waals surface area contributed by atoms with Crippen molar-refractivity contribution in [1.29, 1.82) is 0 Å². The van der Waals surface area contributed by atoms with Crippen LogP contribution in [0.3, 0.4) is 0 Å². The number of halogens is 2. The molecule has 0 atom stereocenters. The van der Waals surface area contributed by atoms with Gasteiger partial charge in [-0.2, -0.15) is 4.31 Å². The Kier molecular flexibility index (Phi) is 4.29. The lowest BCUT2D eigenvalue weighted by molar-refractivity contribution is 0.268. The first kappa shape index (κ1) is 15.2. The first-order valence-electron chi connectivity index (χ1n) is 6.61. The Morgan fingerprint density at radius 2 is 1.85 bits per heavy atom. The monoisotopic (exact) mass is 304 g/mol. The van der Waals surface area contributed by atoms with Crippen molar-refractivity contribution in [1.82, 2.24) is 4.31 Å². The quantitative estimate of drug-likeness (QED) is 0.872. The summed E-state index contributed by atoms with van der Waals surface area (Å²) >= 11 is 0. The average molecular weight is 304 g/mol. The fourth-order valence-corrected chi connectivity index (χ4v) is 3.99. The van der Waals surface area contributed by atoms with Gasteiger partial charge in [0.25, 0.3) is 0 Å². The fraction of sp³-hybridized carbons (Fsp3) is 0.538. The topological polar surface area (TPSA) is 63.4 Å². The molecule has 0 radical (unpaired) electrons. The standard InChI is InChI=1S/C13H18F2N2O2S/c1-2-9-3-5-17(6-4-9)20(18,19)13-8-12(16)10(14)7-11(13)15/h7-9H,2-6,16H2,1H3. The van der Waals surface area contributed by atoms with Crippen molar-refractivity contribution in [2.24, 2.45) is 5.92 Å². The average Bonchev–Trinajstić information content (AvgIpc) is 2.42. The molecule has 4 nitrogen and oxygen atoms in total. The van der Waals surface area contributed by atoms with Crippen LogP contribution in [0.1, 0.15) is 26.2 Å². The Balaban J connectivity index is 2.30. The third kappa shape index (κ3) is 2.78. The molecule has 1 fully saturated rings. The molecular formula is C13H18F2N2O2S. The molecule has 0 bridgehead atoms. The van der Waals surface area contributed by atoms with Crippen molar-refractivity contribution in [2.75, 3.05) is 18.8 Å². The van der Waals surface area contributed by atoms with Crippen molar-refractivity contribution in [3.8, 4) is 0 Å². The second-order valence-corrected chi connectivity index (χ2v) is 6.97. The van der Waals surface area contributed by atoms with Crippen LogP contribution in [-0.4, -0.2) is 25.8 Å². The fourth-order valence-electron chi connectivity index (χ4n) is 2.44. The number of benzene rings is 1. The third-order valence-electron chi connectivity index (χ3n) is 3.82. The van der Waals surface area contributed by atoms with Crippen LogP contribution in [0.5, 0.6) is 0 Å². The van der Waals surface area contributed by atoms with Crippen molar-refractivity contribution < 1.29 is 17.2 Å². The molecule has 0 aromatic heterocycles. The zero-order valence-electron chi connectivity index (χ0n) is 11.3. The number of hydrogen-bond donors (Lipinski definition) is 1. The maximum Gasteiger partial charge on any atom is 0.246 e. The number of sulfonamides is 1. The largest absolute Gasteiger partial charge is 0.396 e. The summed E-state index contributed by atoms with van der Waals surface area (Å²) in [5.41, 5.74) is 4.97. The summed E-state index contributed by atoms with van der Waals surface area (Å²) < 4.78 is 52.8. The minimum Gasteiger partial charge on any atom is -0.396 e. The van der Waals surface area contributed by atoms with E-state index in [-0.39, 0.29) is 5.69 Å². The van der Waals surface area contributed by atoms with Gasteiger partial charge in [-0.25, -0.2) is 17.2 Å². The Morgan fingerprint density at radius 1 is 1.25 bits per heavy atom. The van der Waals surface area contributed by atoms with Crippen molar-refractivity contribution in [2.45, 2.75) is 31.1 Å². The molecule has 2 N–H and O–H groups in total. The maximum absolute atomic E-state index is 13.7. The van der Waals surface area contributed by atoms with E-state index < -0.39 is 26.6 Å². The van der Waals surface area contributed by atoms with Crippen molar-refractivity contribution in [3.63, 3.8) is 0 Å². The minimum atomic E-state index is -3.95. The number of anilines is 1. The molecule has 0 aliphatic carbocycles. The van der Waals surface area contributed by atoms with E-state index in [0.29, 0.717) is 25.1 Å². The molecule has 1 aliphatic heterocycles. The summed E-state index contributed by atoms with van der Waals surface area (Å²) in [6.07, 6.45) is 2.52. The summed E-state index contributed by atoms with van der Waals surface area (Å²) in [5.74, 6) is -1.55. The predicted octanol–water partition coefficient (Wildman–Crippen LogP) is 2.36.